The highest BCUT2D eigenvalue weighted by molar-refractivity contribution is 4.73. The van der Waals surface area contributed by atoms with Crippen molar-refractivity contribution in [2.75, 3.05) is 26.6 Å². The van der Waals surface area contributed by atoms with Crippen LogP contribution in [0.1, 0.15) is 34.6 Å². The van der Waals surface area contributed by atoms with Gasteiger partial charge in [-0.1, -0.05) is 6.92 Å². The van der Waals surface area contributed by atoms with Crippen LogP contribution in [0.4, 0.5) is 0 Å². The van der Waals surface area contributed by atoms with E-state index < -0.39 is 0 Å². The van der Waals surface area contributed by atoms with E-state index in [0.717, 1.165) is 26.6 Å². The molecule has 3 nitrogen and oxygen atoms in total. The fourth-order valence-corrected chi connectivity index (χ4v) is 1.73. The van der Waals surface area contributed by atoms with Crippen molar-refractivity contribution in [1.29, 1.82) is 0 Å². The molecule has 0 spiro atoms. The van der Waals surface area contributed by atoms with Gasteiger partial charge in [-0.2, -0.15) is 0 Å². The maximum absolute atomic E-state index is 2.52. The molecular formula is C11H25N3. The molecular weight excluding hydrogens is 174 g/mol. The Hall–Kier alpha value is -0.120. The molecule has 1 heterocycles. The highest BCUT2D eigenvalue weighted by Gasteiger charge is 2.25. The molecule has 0 bridgehead atoms. The molecule has 0 aromatic heterocycles. The maximum atomic E-state index is 2.52. The maximum Gasteiger partial charge on any atom is 0.0535 e. The average molecular weight is 199 g/mol. The lowest BCUT2D eigenvalue weighted by molar-refractivity contribution is -0.0551. The Bertz CT molecular complexity index is 152. The molecule has 1 aliphatic heterocycles. The average Bonchev–Trinajstić information content (AvgIpc) is 2.16. The SMILES string of the molecule is CCN1CN(C(C)C)CN(C(C)C)C1. The van der Waals surface area contributed by atoms with E-state index in [1.165, 1.54) is 0 Å². The van der Waals surface area contributed by atoms with Crippen LogP contribution in [0.2, 0.25) is 0 Å². The zero-order chi connectivity index (χ0) is 10.7. The quantitative estimate of drug-likeness (QED) is 0.684. The fourth-order valence-electron chi connectivity index (χ4n) is 1.73. The Kier molecular flexibility index (Phi) is 4.35. The smallest absolute Gasteiger partial charge is 0.0535 e. The Morgan fingerprint density at radius 3 is 1.57 bits per heavy atom. The molecule has 1 fully saturated rings. The lowest BCUT2D eigenvalue weighted by atomic mass is 10.3. The minimum absolute atomic E-state index is 0.644. The minimum atomic E-state index is 0.644. The van der Waals surface area contributed by atoms with Crippen LogP contribution in [0.3, 0.4) is 0 Å². The van der Waals surface area contributed by atoms with Gasteiger partial charge in [0.05, 0.1) is 20.0 Å². The third kappa shape index (κ3) is 2.94. The van der Waals surface area contributed by atoms with E-state index in [2.05, 4.69) is 49.3 Å². The van der Waals surface area contributed by atoms with Crippen LogP contribution >= 0.6 is 0 Å². The molecule has 0 aliphatic carbocycles. The van der Waals surface area contributed by atoms with Crippen LogP contribution in [-0.4, -0.2) is 53.3 Å². The van der Waals surface area contributed by atoms with Crippen LogP contribution in [0.15, 0.2) is 0 Å². The van der Waals surface area contributed by atoms with Crippen molar-refractivity contribution in [3.63, 3.8) is 0 Å². The second kappa shape index (κ2) is 5.10. The van der Waals surface area contributed by atoms with Gasteiger partial charge in [0.15, 0.2) is 0 Å². The van der Waals surface area contributed by atoms with E-state index >= 15 is 0 Å². The summed E-state index contributed by atoms with van der Waals surface area (Å²) in [5.41, 5.74) is 0. The van der Waals surface area contributed by atoms with E-state index in [-0.39, 0.29) is 0 Å². The molecule has 0 saturated carbocycles. The van der Waals surface area contributed by atoms with Gasteiger partial charge in [-0.15, -0.1) is 0 Å². The summed E-state index contributed by atoms with van der Waals surface area (Å²) in [6.07, 6.45) is 0. The highest BCUT2D eigenvalue weighted by Crippen LogP contribution is 2.12. The third-order valence-electron chi connectivity index (χ3n) is 3.03. The molecule has 1 rings (SSSR count). The molecule has 3 heteroatoms. The fraction of sp³-hybridized carbons (Fsp3) is 1.00. The van der Waals surface area contributed by atoms with Crippen molar-refractivity contribution in [2.24, 2.45) is 0 Å². The number of nitrogens with zero attached hydrogens (tertiary/aromatic N) is 3. The largest absolute Gasteiger partial charge is 0.278 e. The normalized spacial score (nSPS) is 22.5. The Morgan fingerprint density at radius 1 is 0.857 bits per heavy atom. The van der Waals surface area contributed by atoms with Crippen LogP contribution in [0.25, 0.3) is 0 Å². The van der Waals surface area contributed by atoms with Crippen molar-refractivity contribution < 1.29 is 0 Å². The zero-order valence-corrected chi connectivity index (χ0v) is 10.3. The lowest BCUT2D eigenvalue weighted by Crippen LogP contribution is -2.58. The minimum Gasteiger partial charge on any atom is -0.278 e. The first-order valence-electron chi connectivity index (χ1n) is 5.75. The zero-order valence-electron chi connectivity index (χ0n) is 10.3. The van der Waals surface area contributed by atoms with Crippen LogP contribution < -0.4 is 0 Å². The van der Waals surface area contributed by atoms with Gasteiger partial charge in [0.25, 0.3) is 0 Å². The van der Waals surface area contributed by atoms with Gasteiger partial charge in [0.1, 0.15) is 0 Å². The summed E-state index contributed by atoms with van der Waals surface area (Å²) < 4.78 is 0. The second-order valence-corrected chi connectivity index (χ2v) is 4.78. The van der Waals surface area contributed by atoms with Crippen molar-refractivity contribution in [3.8, 4) is 0 Å². The number of rotatable bonds is 3. The van der Waals surface area contributed by atoms with Crippen molar-refractivity contribution >= 4 is 0 Å². The first-order valence-corrected chi connectivity index (χ1v) is 5.75. The van der Waals surface area contributed by atoms with Gasteiger partial charge in [0.2, 0.25) is 0 Å². The van der Waals surface area contributed by atoms with Gasteiger partial charge >= 0.3 is 0 Å². The monoisotopic (exact) mass is 199 g/mol. The molecule has 84 valence electrons. The van der Waals surface area contributed by atoms with Gasteiger partial charge in [-0.05, 0) is 34.2 Å². The first-order chi connectivity index (χ1) is 6.54. The molecule has 0 aromatic carbocycles. The highest BCUT2D eigenvalue weighted by atomic mass is 15.5. The summed E-state index contributed by atoms with van der Waals surface area (Å²) in [6, 6.07) is 1.29. The molecule has 0 N–H and O–H groups in total. The van der Waals surface area contributed by atoms with E-state index in [0.29, 0.717) is 12.1 Å². The predicted octanol–water partition coefficient (Wildman–Crippen LogP) is 1.62. The summed E-state index contributed by atoms with van der Waals surface area (Å²) in [5.74, 6) is 0. The summed E-state index contributed by atoms with van der Waals surface area (Å²) in [4.78, 5) is 7.53. The van der Waals surface area contributed by atoms with Crippen LogP contribution in [0, 0.1) is 0 Å². The summed E-state index contributed by atoms with van der Waals surface area (Å²) in [5, 5.41) is 0. The van der Waals surface area contributed by atoms with Crippen molar-refractivity contribution in [3.05, 3.63) is 0 Å². The second-order valence-electron chi connectivity index (χ2n) is 4.78. The van der Waals surface area contributed by atoms with Gasteiger partial charge in [0, 0.05) is 12.1 Å². The van der Waals surface area contributed by atoms with Crippen molar-refractivity contribution in [1.82, 2.24) is 14.7 Å². The summed E-state index contributed by atoms with van der Waals surface area (Å²) >= 11 is 0. The lowest BCUT2D eigenvalue weighted by Gasteiger charge is -2.45. The van der Waals surface area contributed by atoms with E-state index in [1.54, 1.807) is 0 Å². The van der Waals surface area contributed by atoms with Gasteiger partial charge in [-0.25, -0.2) is 0 Å². The molecule has 0 amide bonds. The van der Waals surface area contributed by atoms with Gasteiger partial charge in [-0.3, -0.25) is 14.7 Å². The molecule has 0 radical (unpaired) electrons. The Balaban J connectivity index is 2.56. The predicted molar refractivity (Wildman–Crippen MR) is 60.9 cm³/mol. The molecule has 1 saturated heterocycles. The number of hydrogen-bond acceptors (Lipinski definition) is 3. The molecule has 14 heavy (non-hydrogen) atoms. The van der Waals surface area contributed by atoms with E-state index in [9.17, 15) is 0 Å². The summed E-state index contributed by atoms with van der Waals surface area (Å²) in [7, 11) is 0. The standard InChI is InChI=1S/C11H25N3/c1-6-12-7-13(10(2)3)9-14(8-12)11(4)5/h10-11H,6-9H2,1-5H3. The van der Waals surface area contributed by atoms with E-state index in [1.807, 2.05) is 0 Å². The summed E-state index contributed by atoms with van der Waals surface area (Å²) in [6.45, 7) is 15.8. The van der Waals surface area contributed by atoms with Crippen molar-refractivity contribution in [2.45, 2.75) is 46.7 Å². The third-order valence-corrected chi connectivity index (χ3v) is 3.03. The molecule has 0 atom stereocenters. The van der Waals surface area contributed by atoms with Gasteiger partial charge < -0.3 is 0 Å². The molecule has 0 unspecified atom stereocenters. The molecule has 1 aliphatic rings. The van der Waals surface area contributed by atoms with E-state index in [4.69, 9.17) is 0 Å². The topological polar surface area (TPSA) is 9.72 Å². The molecule has 0 aromatic rings. The Morgan fingerprint density at radius 2 is 1.29 bits per heavy atom. The van der Waals surface area contributed by atoms with Crippen LogP contribution in [-0.2, 0) is 0 Å². The Labute approximate surface area is 88.7 Å². The number of hydrogen-bond donors (Lipinski definition) is 0. The first kappa shape index (κ1) is 12.0. The van der Waals surface area contributed by atoms with Crippen LogP contribution in [0.5, 0.6) is 0 Å².